The molecule has 0 N–H and O–H groups in total. The number of allylic oxidation sites excluding steroid dienone is 1. The molecule has 3 heteroatoms. The van der Waals surface area contributed by atoms with Gasteiger partial charge in [0.25, 0.3) is 0 Å². The summed E-state index contributed by atoms with van der Waals surface area (Å²) >= 11 is 0. The number of hydrogen-bond acceptors (Lipinski definition) is 3. The van der Waals surface area contributed by atoms with Crippen molar-refractivity contribution in [3.63, 3.8) is 0 Å². The second-order valence-corrected chi connectivity index (χ2v) is 3.98. The lowest BCUT2D eigenvalue weighted by molar-refractivity contribution is -0.106. The molecule has 1 fully saturated rings. The van der Waals surface area contributed by atoms with Crippen molar-refractivity contribution in [3.05, 3.63) is 35.9 Å². The van der Waals surface area contributed by atoms with Crippen molar-refractivity contribution in [3.8, 4) is 5.75 Å². The number of hydrogen-bond donors (Lipinski definition) is 0. The summed E-state index contributed by atoms with van der Waals surface area (Å²) in [6.45, 7) is 0.783. The van der Waals surface area contributed by atoms with E-state index in [0.717, 1.165) is 43.5 Å². The van der Waals surface area contributed by atoms with Crippen LogP contribution in [0.4, 0.5) is 0 Å². The summed E-state index contributed by atoms with van der Waals surface area (Å²) in [7, 11) is 0. The first kappa shape index (κ1) is 11.9. The van der Waals surface area contributed by atoms with Gasteiger partial charge in [0.15, 0.2) is 6.29 Å². The average Bonchev–Trinajstić information content (AvgIpc) is 2.39. The van der Waals surface area contributed by atoms with Crippen LogP contribution >= 0.6 is 0 Å². The smallest absolute Gasteiger partial charge is 0.199 e. The Morgan fingerprint density at radius 1 is 1.24 bits per heavy atom. The minimum absolute atomic E-state index is 0.111. The van der Waals surface area contributed by atoms with Gasteiger partial charge in [0.2, 0.25) is 0 Å². The van der Waals surface area contributed by atoms with Crippen molar-refractivity contribution in [2.24, 2.45) is 0 Å². The molecule has 1 heterocycles. The van der Waals surface area contributed by atoms with E-state index in [1.807, 2.05) is 24.3 Å². The molecule has 1 unspecified atom stereocenters. The topological polar surface area (TPSA) is 35.5 Å². The van der Waals surface area contributed by atoms with Crippen LogP contribution in [0.25, 0.3) is 6.08 Å². The molecule has 1 atom stereocenters. The third kappa shape index (κ3) is 3.71. The standard InChI is InChI=1S/C14H16O3/c15-10-3-4-12-6-8-13(9-7-12)17-14-5-1-2-11-16-14/h3-4,6-10,14H,1-2,5,11H2. The van der Waals surface area contributed by atoms with Crippen molar-refractivity contribution in [1.29, 1.82) is 0 Å². The fourth-order valence-corrected chi connectivity index (χ4v) is 1.76. The van der Waals surface area contributed by atoms with E-state index in [2.05, 4.69) is 0 Å². The van der Waals surface area contributed by atoms with E-state index >= 15 is 0 Å². The Hall–Kier alpha value is -1.61. The number of benzene rings is 1. The first-order valence-electron chi connectivity index (χ1n) is 5.88. The maximum atomic E-state index is 10.2. The minimum atomic E-state index is -0.111. The molecule has 3 nitrogen and oxygen atoms in total. The summed E-state index contributed by atoms with van der Waals surface area (Å²) in [5.74, 6) is 0.806. The summed E-state index contributed by atoms with van der Waals surface area (Å²) in [5, 5.41) is 0. The first-order chi connectivity index (χ1) is 8.38. The second-order valence-electron chi connectivity index (χ2n) is 3.98. The largest absolute Gasteiger partial charge is 0.465 e. The zero-order valence-electron chi connectivity index (χ0n) is 9.67. The number of carbonyl (C=O) groups is 1. The van der Waals surface area contributed by atoms with E-state index in [1.165, 1.54) is 6.08 Å². The number of rotatable bonds is 4. The Morgan fingerprint density at radius 3 is 2.71 bits per heavy atom. The highest BCUT2D eigenvalue weighted by molar-refractivity contribution is 5.73. The molecular formula is C14H16O3. The maximum Gasteiger partial charge on any atom is 0.199 e. The van der Waals surface area contributed by atoms with Crippen LogP contribution in [0.2, 0.25) is 0 Å². The SMILES string of the molecule is O=CC=Cc1ccc(OC2CCCCO2)cc1. The van der Waals surface area contributed by atoms with Gasteiger partial charge in [0, 0.05) is 6.42 Å². The van der Waals surface area contributed by atoms with Crippen molar-refractivity contribution >= 4 is 12.4 Å². The van der Waals surface area contributed by atoms with E-state index in [4.69, 9.17) is 9.47 Å². The van der Waals surface area contributed by atoms with Gasteiger partial charge in [-0.1, -0.05) is 18.2 Å². The van der Waals surface area contributed by atoms with Crippen molar-refractivity contribution < 1.29 is 14.3 Å². The molecule has 1 aliphatic heterocycles. The van der Waals surface area contributed by atoms with Gasteiger partial charge in [-0.2, -0.15) is 0 Å². The Morgan fingerprint density at radius 2 is 2.06 bits per heavy atom. The van der Waals surface area contributed by atoms with Gasteiger partial charge >= 0.3 is 0 Å². The summed E-state index contributed by atoms with van der Waals surface area (Å²) in [4.78, 5) is 10.2. The van der Waals surface area contributed by atoms with E-state index in [0.29, 0.717) is 0 Å². The molecule has 1 aliphatic rings. The van der Waals surface area contributed by atoms with Crippen molar-refractivity contribution in [2.75, 3.05) is 6.61 Å². The zero-order chi connectivity index (χ0) is 11.9. The fourth-order valence-electron chi connectivity index (χ4n) is 1.76. The molecule has 1 saturated heterocycles. The second kappa shape index (κ2) is 6.21. The van der Waals surface area contributed by atoms with Gasteiger partial charge in [0.05, 0.1) is 6.61 Å². The van der Waals surface area contributed by atoms with E-state index in [-0.39, 0.29) is 6.29 Å². The van der Waals surface area contributed by atoms with Gasteiger partial charge in [-0.25, -0.2) is 0 Å². The lowest BCUT2D eigenvalue weighted by Gasteiger charge is -2.23. The zero-order valence-corrected chi connectivity index (χ0v) is 9.67. The van der Waals surface area contributed by atoms with Gasteiger partial charge in [-0.05, 0) is 36.6 Å². The number of aldehydes is 1. The van der Waals surface area contributed by atoms with Crippen LogP contribution < -0.4 is 4.74 Å². The molecule has 0 radical (unpaired) electrons. The van der Waals surface area contributed by atoms with Gasteiger partial charge in [-0.15, -0.1) is 0 Å². The van der Waals surface area contributed by atoms with Crippen LogP contribution in [0, 0.1) is 0 Å². The Kier molecular flexibility index (Phi) is 4.33. The summed E-state index contributed by atoms with van der Waals surface area (Å²) in [6.07, 6.45) is 7.11. The molecule has 1 aromatic rings. The van der Waals surface area contributed by atoms with Crippen LogP contribution in [-0.2, 0) is 9.53 Å². The molecule has 1 aromatic carbocycles. The third-order valence-electron chi connectivity index (χ3n) is 2.65. The molecule has 0 saturated carbocycles. The number of carbonyl (C=O) groups excluding carboxylic acids is 1. The first-order valence-corrected chi connectivity index (χ1v) is 5.88. The molecular weight excluding hydrogens is 216 g/mol. The lowest BCUT2D eigenvalue weighted by Crippen LogP contribution is -2.24. The lowest BCUT2D eigenvalue weighted by atomic mass is 10.2. The molecule has 2 rings (SSSR count). The normalized spacial score (nSPS) is 20.4. The maximum absolute atomic E-state index is 10.2. The highest BCUT2D eigenvalue weighted by Gasteiger charge is 2.14. The molecule has 17 heavy (non-hydrogen) atoms. The number of ether oxygens (including phenoxy) is 2. The average molecular weight is 232 g/mol. The van der Waals surface area contributed by atoms with Gasteiger partial charge in [-0.3, -0.25) is 4.79 Å². The summed E-state index contributed by atoms with van der Waals surface area (Å²) in [6, 6.07) is 7.61. The predicted octanol–water partition coefficient (Wildman–Crippen LogP) is 2.80. The molecule has 0 aromatic heterocycles. The molecule has 0 amide bonds. The van der Waals surface area contributed by atoms with Crippen LogP contribution in [-0.4, -0.2) is 19.2 Å². The molecule has 0 bridgehead atoms. The monoisotopic (exact) mass is 232 g/mol. The Labute approximate surface area is 101 Å². The van der Waals surface area contributed by atoms with Crippen LogP contribution in [0.1, 0.15) is 24.8 Å². The van der Waals surface area contributed by atoms with Crippen LogP contribution in [0.15, 0.2) is 30.3 Å². The van der Waals surface area contributed by atoms with Crippen LogP contribution in [0.5, 0.6) is 5.75 Å². The highest BCUT2D eigenvalue weighted by Crippen LogP contribution is 2.19. The molecule has 90 valence electrons. The van der Waals surface area contributed by atoms with Crippen LogP contribution in [0.3, 0.4) is 0 Å². The van der Waals surface area contributed by atoms with E-state index in [9.17, 15) is 4.79 Å². The highest BCUT2D eigenvalue weighted by atomic mass is 16.7. The van der Waals surface area contributed by atoms with Crippen molar-refractivity contribution in [1.82, 2.24) is 0 Å². The molecule has 0 aliphatic carbocycles. The molecule has 0 spiro atoms. The van der Waals surface area contributed by atoms with E-state index in [1.54, 1.807) is 6.08 Å². The third-order valence-corrected chi connectivity index (χ3v) is 2.65. The van der Waals surface area contributed by atoms with E-state index < -0.39 is 0 Å². The van der Waals surface area contributed by atoms with Gasteiger partial charge < -0.3 is 9.47 Å². The predicted molar refractivity (Wildman–Crippen MR) is 65.8 cm³/mol. The van der Waals surface area contributed by atoms with Gasteiger partial charge in [0.1, 0.15) is 12.0 Å². The Bertz CT molecular complexity index is 375. The quantitative estimate of drug-likeness (QED) is 0.591. The van der Waals surface area contributed by atoms with Crippen molar-refractivity contribution in [2.45, 2.75) is 25.6 Å². The fraction of sp³-hybridized carbons (Fsp3) is 0.357. The summed E-state index contributed by atoms with van der Waals surface area (Å²) < 4.78 is 11.2. The minimum Gasteiger partial charge on any atom is -0.465 e. The summed E-state index contributed by atoms with van der Waals surface area (Å²) in [5.41, 5.74) is 0.981. The Balaban J connectivity index is 1.92.